The summed E-state index contributed by atoms with van der Waals surface area (Å²) in [7, 11) is 1.98. The van der Waals surface area contributed by atoms with E-state index in [1.165, 1.54) is 4.90 Å². The lowest BCUT2D eigenvalue weighted by molar-refractivity contribution is -0.671. The van der Waals surface area contributed by atoms with Crippen LogP contribution in [0.4, 0.5) is 0 Å². The first-order chi connectivity index (χ1) is 15.2. The molecule has 0 bridgehead atoms. The molecule has 1 fully saturated rings. The fraction of sp³-hybridized carbons (Fsp3) is 0.435. The Balaban J connectivity index is 1.50. The van der Waals surface area contributed by atoms with E-state index in [1.807, 2.05) is 49.4 Å². The van der Waals surface area contributed by atoms with E-state index < -0.39 is 18.0 Å². The Morgan fingerprint density at radius 2 is 2.16 bits per heavy atom. The number of aromatic nitrogens is 2. The largest absolute Gasteiger partial charge is 0.543 e. The van der Waals surface area contributed by atoms with Gasteiger partial charge in [0.15, 0.2) is 0 Å². The molecule has 9 heteroatoms. The minimum absolute atomic E-state index is 0.0458. The van der Waals surface area contributed by atoms with Crippen LogP contribution in [-0.2, 0) is 29.6 Å². The number of nitrogens with zero attached hydrogens (tertiary/aromatic N) is 3. The highest BCUT2D eigenvalue weighted by molar-refractivity contribution is 14.1. The zero-order chi connectivity index (χ0) is 23.2. The van der Waals surface area contributed by atoms with Gasteiger partial charge in [0.05, 0.1) is 46.9 Å². The molecule has 4 rings (SSSR count). The SMILES string of the molecule is CC(O)[C@H]1C(=O)N2C(C(=O)[O-])=C(COc3cc(CCn4cc[n+](C)c4)ccc3I)C(C)[C@H]12. The number of halogens is 1. The number of β-lactam (4-membered cyclic amide) rings is 1. The van der Waals surface area contributed by atoms with Crippen molar-refractivity contribution in [3.8, 4) is 5.75 Å². The standard InChI is InChI=1S/C23H26IN3O5/c1-13-16(21(23(30)31)27-20(13)19(14(2)28)22(27)29)11-32-18-10-15(4-5-17(18)24)6-7-26-9-8-25(3)12-26/h4-5,8-10,12-14,19-20,28H,6-7,11H2,1-3H3/t13?,14?,19-,20-/m1/s1. The summed E-state index contributed by atoms with van der Waals surface area (Å²) in [4.78, 5) is 25.5. The summed E-state index contributed by atoms with van der Waals surface area (Å²) in [6, 6.07) is 5.64. The number of hydrogen-bond acceptors (Lipinski definition) is 5. The molecular formula is C23H26IN3O5. The van der Waals surface area contributed by atoms with Gasteiger partial charge < -0.3 is 24.6 Å². The average Bonchev–Trinajstić information content (AvgIpc) is 3.25. The Labute approximate surface area is 200 Å². The third-order valence-electron chi connectivity index (χ3n) is 6.37. The molecule has 8 nitrogen and oxygen atoms in total. The number of imidazole rings is 1. The van der Waals surface area contributed by atoms with Crippen LogP contribution in [0.3, 0.4) is 0 Å². The molecule has 170 valence electrons. The predicted molar refractivity (Wildman–Crippen MR) is 121 cm³/mol. The van der Waals surface area contributed by atoms with Crippen molar-refractivity contribution < 1.29 is 29.1 Å². The summed E-state index contributed by atoms with van der Waals surface area (Å²) in [6.07, 6.45) is 6.01. The number of amides is 1. The van der Waals surface area contributed by atoms with E-state index in [2.05, 4.69) is 33.2 Å². The third kappa shape index (κ3) is 4.03. The van der Waals surface area contributed by atoms with Crippen molar-refractivity contribution in [3.05, 3.63) is 57.3 Å². The molecule has 2 aliphatic rings. The van der Waals surface area contributed by atoms with Crippen molar-refractivity contribution in [2.45, 2.75) is 39.0 Å². The highest BCUT2D eigenvalue weighted by Crippen LogP contribution is 2.47. The van der Waals surface area contributed by atoms with Crippen molar-refractivity contribution in [1.82, 2.24) is 9.47 Å². The molecule has 1 saturated heterocycles. The van der Waals surface area contributed by atoms with Crippen LogP contribution < -0.4 is 14.4 Å². The van der Waals surface area contributed by atoms with Gasteiger partial charge in [-0.2, -0.15) is 0 Å². The maximum atomic E-state index is 12.4. The lowest BCUT2D eigenvalue weighted by Gasteiger charge is -2.47. The van der Waals surface area contributed by atoms with Gasteiger partial charge >= 0.3 is 0 Å². The quantitative estimate of drug-likeness (QED) is 0.291. The van der Waals surface area contributed by atoms with Gasteiger partial charge in [-0.3, -0.25) is 4.79 Å². The lowest BCUT2D eigenvalue weighted by atomic mass is 9.78. The fourth-order valence-electron chi connectivity index (χ4n) is 4.68. The van der Waals surface area contributed by atoms with Gasteiger partial charge in [-0.05, 0) is 52.8 Å². The highest BCUT2D eigenvalue weighted by Gasteiger charge is 2.58. The molecule has 1 N–H and O–H groups in total. The lowest BCUT2D eigenvalue weighted by Crippen LogP contribution is -2.64. The molecule has 1 aromatic carbocycles. The minimum atomic E-state index is -1.39. The molecule has 3 heterocycles. The number of carbonyl (C=O) groups excluding carboxylic acids is 2. The number of aryl methyl sites for hydroxylation is 3. The first-order valence-corrected chi connectivity index (χ1v) is 11.6. The van der Waals surface area contributed by atoms with Gasteiger partial charge in [0, 0.05) is 12.3 Å². The van der Waals surface area contributed by atoms with E-state index in [9.17, 15) is 19.8 Å². The number of aliphatic hydroxyl groups is 1. The zero-order valence-corrected chi connectivity index (χ0v) is 20.4. The predicted octanol–water partition coefficient (Wildman–Crippen LogP) is 0.400. The van der Waals surface area contributed by atoms with E-state index in [0.29, 0.717) is 11.3 Å². The molecule has 0 saturated carbocycles. The molecule has 0 aliphatic carbocycles. The van der Waals surface area contributed by atoms with E-state index >= 15 is 0 Å². The zero-order valence-electron chi connectivity index (χ0n) is 18.2. The highest BCUT2D eigenvalue weighted by atomic mass is 127. The van der Waals surface area contributed by atoms with Crippen LogP contribution in [0.1, 0.15) is 19.4 Å². The molecule has 2 aromatic rings. The molecule has 1 aromatic heterocycles. The van der Waals surface area contributed by atoms with Crippen molar-refractivity contribution in [2.75, 3.05) is 6.61 Å². The fourth-order valence-corrected chi connectivity index (χ4v) is 5.18. The van der Waals surface area contributed by atoms with Crippen LogP contribution in [0.25, 0.3) is 0 Å². The molecule has 32 heavy (non-hydrogen) atoms. The average molecular weight is 551 g/mol. The van der Waals surface area contributed by atoms with E-state index in [-0.39, 0.29) is 30.2 Å². The Morgan fingerprint density at radius 3 is 2.78 bits per heavy atom. The Morgan fingerprint density at radius 1 is 1.41 bits per heavy atom. The summed E-state index contributed by atoms with van der Waals surface area (Å²) in [5.74, 6) is -1.93. The second kappa shape index (κ2) is 8.86. The van der Waals surface area contributed by atoms with Gasteiger partial charge in [-0.25, -0.2) is 9.13 Å². The smallest absolute Gasteiger partial charge is 0.243 e. The second-order valence-electron chi connectivity index (χ2n) is 8.54. The van der Waals surface area contributed by atoms with Gasteiger partial charge in [-0.15, -0.1) is 0 Å². The van der Waals surface area contributed by atoms with Gasteiger partial charge in [0.1, 0.15) is 24.8 Å². The summed E-state index contributed by atoms with van der Waals surface area (Å²) < 4.78 is 11.1. The van der Waals surface area contributed by atoms with E-state index in [0.717, 1.165) is 22.1 Å². The van der Waals surface area contributed by atoms with Crippen LogP contribution in [-0.4, -0.2) is 45.2 Å². The monoisotopic (exact) mass is 551 g/mol. The van der Waals surface area contributed by atoms with Crippen molar-refractivity contribution >= 4 is 34.5 Å². The Kier molecular flexibility index (Phi) is 6.30. The number of aliphatic hydroxyl groups excluding tert-OH is 1. The molecule has 0 radical (unpaired) electrons. The number of fused-ring (bicyclic) bond motifs is 1. The normalized spacial score (nSPS) is 23.2. The molecule has 0 spiro atoms. The van der Waals surface area contributed by atoms with Crippen LogP contribution >= 0.6 is 22.6 Å². The maximum Gasteiger partial charge on any atom is 0.243 e. The van der Waals surface area contributed by atoms with E-state index in [4.69, 9.17) is 4.74 Å². The van der Waals surface area contributed by atoms with Crippen LogP contribution in [0.15, 0.2) is 48.2 Å². The molecule has 1 amide bonds. The van der Waals surface area contributed by atoms with Crippen LogP contribution in [0.2, 0.25) is 0 Å². The van der Waals surface area contributed by atoms with Crippen molar-refractivity contribution in [1.29, 1.82) is 0 Å². The number of carboxylic acid groups (broad SMARTS) is 1. The minimum Gasteiger partial charge on any atom is -0.543 e. The van der Waals surface area contributed by atoms with Crippen LogP contribution in [0.5, 0.6) is 5.75 Å². The third-order valence-corrected chi connectivity index (χ3v) is 7.26. The number of ether oxygens (including phenoxy) is 1. The second-order valence-corrected chi connectivity index (χ2v) is 9.70. The summed E-state index contributed by atoms with van der Waals surface area (Å²) >= 11 is 2.19. The number of carbonyl (C=O) groups is 2. The first kappa shape index (κ1) is 22.8. The number of carboxylic acids is 1. The van der Waals surface area contributed by atoms with Crippen molar-refractivity contribution in [3.63, 3.8) is 0 Å². The summed E-state index contributed by atoms with van der Waals surface area (Å²) in [6.45, 7) is 4.30. The number of benzene rings is 1. The Bertz CT molecular complexity index is 1090. The van der Waals surface area contributed by atoms with Crippen LogP contribution in [0, 0.1) is 15.4 Å². The summed E-state index contributed by atoms with van der Waals surface area (Å²) in [5, 5.41) is 21.8. The number of rotatable bonds is 8. The van der Waals surface area contributed by atoms with E-state index in [1.54, 1.807) is 6.92 Å². The molecule has 2 aliphatic heterocycles. The summed E-state index contributed by atoms with van der Waals surface area (Å²) in [5.41, 5.74) is 1.52. The van der Waals surface area contributed by atoms with Crippen molar-refractivity contribution in [2.24, 2.45) is 18.9 Å². The topological polar surface area (TPSA) is 98.7 Å². The molecule has 4 atom stereocenters. The molecule has 2 unspecified atom stereocenters. The first-order valence-electron chi connectivity index (χ1n) is 10.6. The van der Waals surface area contributed by atoms with Gasteiger partial charge in [0.2, 0.25) is 12.2 Å². The van der Waals surface area contributed by atoms with Gasteiger partial charge in [-0.1, -0.05) is 13.0 Å². The number of hydrogen-bond donors (Lipinski definition) is 1. The Hall–Kier alpha value is -2.40. The van der Waals surface area contributed by atoms with Gasteiger partial charge in [0.25, 0.3) is 0 Å². The number of aliphatic carboxylic acids is 1. The maximum absolute atomic E-state index is 12.4. The molecular weight excluding hydrogens is 525 g/mol.